The van der Waals surface area contributed by atoms with Crippen LogP contribution in [0.2, 0.25) is 0 Å². The summed E-state index contributed by atoms with van der Waals surface area (Å²) < 4.78 is 1.75. The number of fused-ring (bicyclic) bond motifs is 1. The second-order valence-electron chi connectivity index (χ2n) is 4.29. The van der Waals surface area contributed by atoms with E-state index < -0.39 is 0 Å². The summed E-state index contributed by atoms with van der Waals surface area (Å²) >= 11 is 3.50. The summed E-state index contributed by atoms with van der Waals surface area (Å²) in [4.78, 5) is 6.50. The minimum atomic E-state index is 0.700. The number of hydrogen-bond acceptors (Lipinski definition) is 5. The fourth-order valence-corrected chi connectivity index (χ4v) is 2.96. The number of alkyl halides is 1. The van der Waals surface area contributed by atoms with E-state index in [1.54, 1.807) is 10.7 Å². The predicted molar refractivity (Wildman–Crippen MR) is 67.3 cm³/mol. The van der Waals surface area contributed by atoms with Gasteiger partial charge < -0.3 is 4.90 Å². The summed E-state index contributed by atoms with van der Waals surface area (Å²) in [6.45, 7) is 2.12. The monoisotopic (exact) mass is 296 g/mol. The molecule has 1 aliphatic heterocycles. The Morgan fingerprint density at radius 1 is 1.41 bits per heavy atom. The fraction of sp³-hybridized carbons (Fsp3) is 0.600. The van der Waals surface area contributed by atoms with Gasteiger partial charge in [-0.3, -0.25) is 4.98 Å². The van der Waals surface area contributed by atoms with Crippen LogP contribution in [0.3, 0.4) is 0 Å². The van der Waals surface area contributed by atoms with Gasteiger partial charge in [-0.05, 0) is 29.2 Å². The van der Waals surface area contributed by atoms with Gasteiger partial charge in [0.2, 0.25) is 0 Å². The van der Waals surface area contributed by atoms with E-state index >= 15 is 0 Å². The first-order valence-corrected chi connectivity index (χ1v) is 6.83. The molecule has 1 fully saturated rings. The molecule has 2 aromatic heterocycles. The van der Waals surface area contributed by atoms with Crippen LogP contribution in [0.25, 0.3) is 5.65 Å². The largest absolute Gasteiger partial charge is 0.355 e. The van der Waals surface area contributed by atoms with Crippen LogP contribution in [-0.4, -0.2) is 43.4 Å². The van der Waals surface area contributed by atoms with E-state index in [2.05, 4.69) is 41.3 Å². The molecular weight excluding hydrogens is 284 g/mol. The quantitative estimate of drug-likeness (QED) is 0.795. The summed E-state index contributed by atoms with van der Waals surface area (Å²) in [5.41, 5.74) is 0.700. The van der Waals surface area contributed by atoms with Crippen molar-refractivity contribution in [2.75, 3.05) is 23.3 Å². The average molecular weight is 297 g/mol. The lowest BCUT2D eigenvalue weighted by molar-refractivity contribution is 0.575. The highest BCUT2D eigenvalue weighted by Gasteiger charge is 2.24. The van der Waals surface area contributed by atoms with Crippen molar-refractivity contribution in [3.63, 3.8) is 0 Å². The normalized spacial score (nSPS) is 20.3. The topological polar surface area (TPSA) is 59.2 Å². The van der Waals surface area contributed by atoms with Crippen LogP contribution >= 0.6 is 15.9 Å². The molecule has 7 heteroatoms. The Balaban J connectivity index is 1.87. The van der Waals surface area contributed by atoms with Gasteiger partial charge in [0.05, 0.1) is 12.4 Å². The summed E-state index contributed by atoms with van der Waals surface area (Å²) in [6, 6.07) is 0. The van der Waals surface area contributed by atoms with Crippen LogP contribution in [0, 0.1) is 5.92 Å². The summed E-state index contributed by atoms with van der Waals surface area (Å²) in [7, 11) is 0. The lowest BCUT2D eigenvalue weighted by Gasteiger charge is -2.17. The lowest BCUT2D eigenvalue weighted by Crippen LogP contribution is -2.22. The molecule has 0 amide bonds. The Kier molecular flexibility index (Phi) is 2.92. The molecule has 2 aromatic rings. The smallest absolute Gasteiger partial charge is 0.199 e. The van der Waals surface area contributed by atoms with Crippen LogP contribution in [0.5, 0.6) is 0 Å². The molecule has 1 saturated heterocycles. The van der Waals surface area contributed by atoms with Crippen LogP contribution in [0.1, 0.15) is 12.8 Å². The van der Waals surface area contributed by atoms with Crippen molar-refractivity contribution < 1.29 is 0 Å². The van der Waals surface area contributed by atoms with Gasteiger partial charge in [-0.2, -0.15) is 4.52 Å². The lowest BCUT2D eigenvalue weighted by atomic mass is 10.1. The van der Waals surface area contributed by atoms with Crippen molar-refractivity contribution in [2.45, 2.75) is 12.8 Å². The van der Waals surface area contributed by atoms with E-state index in [1.165, 1.54) is 12.8 Å². The Labute approximate surface area is 107 Å². The molecule has 0 spiro atoms. The number of rotatable bonds is 3. The van der Waals surface area contributed by atoms with Gasteiger partial charge in [0, 0.05) is 18.4 Å². The van der Waals surface area contributed by atoms with E-state index in [0.29, 0.717) is 5.65 Å². The van der Waals surface area contributed by atoms with E-state index in [0.717, 1.165) is 30.2 Å². The van der Waals surface area contributed by atoms with Crippen LogP contribution in [-0.2, 0) is 0 Å². The zero-order valence-corrected chi connectivity index (χ0v) is 10.9. The Bertz CT molecular complexity index is 512. The molecule has 0 bridgehead atoms. The van der Waals surface area contributed by atoms with Crippen molar-refractivity contribution >= 4 is 27.4 Å². The molecule has 0 aliphatic carbocycles. The number of halogens is 1. The number of tetrazole rings is 1. The van der Waals surface area contributed by atoms with Gasteiger partial charge >= 0.3 is 0 Å². The van der Waals surface area contributed by atoms with Crippen LogP contribution in [0.15, 0.2) is 12.4 Å². The van der Waals surface area contributed by atoms with Crippen molar-refractivity contribution in [2.24, 2.45) is 5.92 Å². The molecule has 1 atom stereocenters. The van der Waals surface area contributed by atoms with Gasteiger partial charge in [0.15, 0.2) is 11.5 Å². The highest BCUT2D eigenvalue weighted by Crippen LogP contribution is 2.25. The maximum atomic E-state index is 4.19. The van der Waals surface area contributed by atoms with Gasteiger partial charge in [-0.15, -0.1) is 5.10 Å². The highest BCUT2D eigenvalue weighted by atomic mass is 79.9. The Morgan fingerprint density at radius 3 is 3.24 bits per heavy atom. The highest BCUT2D eigenvalue weighted by molar-refractivity contribution is 9.09. The van der Waals surface area contributed by atoms with Crippen LogP contribution in [0.4, 0.5) is 5.82 Å². The fourth-order valence-electron chi connectivity index (χ4n) is 2.31. The van der Waals surface area contributed by atoms with Crippen molar-refractivity contribution in [1.82, 2.24) is 25.0 Å². The van der Waals surface area contributed by atoms with Gasteiger partial charge in [-0.25, -0.2) is 0 Å². The first-order valence-electron chi connectivity index (χ1n) is 5.71. The molecule has 0 N–H and O–H groups in total. The van der Waals surface area contributed by atoms with Gasteiger partial charge in [-0.1, -0.05) is 15.9 Å². The molecule has 6 nitrogen and oxygen atoms in total. The number of anilines is 1. The minimum Gasteiger partial charge on any atom is -0.355 e. The second kappa shape index (κ2) is 4.56. The predicted octanol–water partition coefficient (Wildman–Crippen LogP) is 1.13. The van der Waals surface area contributed by atoms with E-state index in [4.69, 9.17) is 0 Å². The third kappa shape index (κ3) is 1.99. The number of aromatic nitrogens is 5. The van der Waals surface area contributed by atoms with Gasteiger partial charge in [0.1, 0.15) is 0 Å². The van der Waals surface area contributed by atoms with E-state index in [-0.39, 0.29) is 0 Å². The number of nitrogens with zero attached hydrogens (tertiary/aromatic N) is 6. The standard InChI is InChI=1S/C10H13BrN6/c11-3-1-8-2-4-16(7-8)10-6-12-5-9-13-14-15-17(9)10/h5-6,8H,1-4,7H2. The second-order valence-corrected chi connectivity index (χ2v) is 5.09. The molecule has 90 valence electrons. The number of hydrogen-bond donors (Lipinski definition) is 0. The summed E-state index contributed by atoms with van der Waals surface area (Å²) in [5.74, 6) is 1.74. The zero-order chi connectivity index (χ0) is 11.7. The molecule has 1 unspecified atom stereocenters. The van der Waals surface area contributed by atoms with E-state index in [9.17, 15) is 0 Å². The first kappa shape index (κ1) is 10.9. The van der Waals surface area contributed by atoms with Crippen molar-refractivity contribution in [3.05, 3.63) is 12.4 Å². The molecule has 0 aromatic carbocycles. The van der Waals surface area contributed by atoms with Crippen LogP contribution < -0.4 is 4.90 Å². The molecule has 3 rings (SSSR count). The molecule has 0 saturated carbocycles. The summed E-state index contributed by atoms with van der Waals surface area (Å²) in [6.07, 6.45) is 5.95. The molecular formula is C10H13BrN6. The zero-order valence-electron chi connectivity index (χ0n) is 9.33. The van der Waals surface area contributed by atoms with E-state index in [1.807, 2.05) is 6.20 Å². The summed E-state index contributed by atoms with van der Waals surface area (Å²) in [5, 5.41) is 12.7. The first-order chi connectivity index (χ1) is 8.38. The SMILES string of the molecule is BrCCC1CCN(c2cncc3nnnn23)C1. The van der Waals surface area contributed by atoms with Crippen molar-refractivity contribution in [1.29, 1.82) is 0 Å². The van der Waals surface area contributed by atoms with Gasteiger partial charge in [0.25, 0.3) is 0 Å². The van der Waals surface area contributed by atoms with Crippen molar-refractivity contribution in [3.8, 4) is 0 Å². The Hall–Kier alpha value is -1.24. The molecule has 3 heterocycles. The molecule has 17 heavy (non-hydrogen) atoms. The third-order valence-corrected chi connectivity index (χ3v) is 3.68. The average Bonchev–Trinajstić information content (AvgIpc) is 2.96. The molecule has 1 aliphatic rings. The maximum Gasteiger partial charge on any atom is 0.199 e. The minimum absolute atomic E-state index is 0.700. The Morgan fingerprint density at radius 2 is 2.35 bits per heavy atom. The maximum absolute atomic E-state index is 4.19. The third-order valence-electron chi connectivity index (χ3n) is 3.22. The molecule has 0 radical (unpaired) electrons.